The maximum atomic E-state index is 13.8. The van der Waals surface area contributed by atoms with Crippen LogP contribution in [0.15, 0.2) is 53.4 Å². The summed E-state index contributed by atoms with van der Waals surface area (Å²) in [7, 11) is -2.28. The molecule has 2 aromatic carbocycles. The monoisotopic (exact) mass is 464 g/mol. The third kappa shape index (κ3) is 5.43. The van der Waals surface area contributed by atoms with Gasteiger partial charge in [0.1, 0.15) is 0 Å². The van der Waals surface area contributed by atoms with E-state index < -0.39 is 33.8 Å². The number of methoxy groups -OCH3 is 1. The van der Waals surface area contributed by atoms with E-state index >= 15 is 0 Å². The van der Waals surface area contributed by atoms with Gasteiger partial charge in [0, 0.05) is 26.2 Å². The standard InChI is InChI=1S/C22H25FN2O6S/c1-16(31-21(26)15-17-8-9-20(30-2)19(23)14-17)22(27)24-10-12-25(13-11-24)32(28,29)18-6-4-3-5-7-18/h3-9,14,16H,10-13,15H2,1-2H3. The molecule has 1 aliphatic heterocycles. The fourth-order valence-corrected chi connectivity index (χ4v) is 4.87. The Morgan fingerprint density at radius 1 is 1.06 bits per heavy atom. The van der Waals surface area contributed by atoms with Crippen LogP contribution in [0.2, 0.25) is 0 Å². The molecule has 10 heteroatoms. The number of hydrogen-bond acceptors (Lipinski definition) is 6. The fourth-order valence-electron chi connectivity index (χ4n) is 3.42. The second kappa shape index (κ2) is 10.1. The number of halogens is 1. The molecule has 0 saturated carbocycles. The lowest BCUT2D eigenvalue weighted by molar-refractivity contribution is -0.159. The average molecular weight is 465 g/mol. The Morgan fingerprint density at radius 2 is 1.72 bits per heavy atom. The SMILES string of the molecule is COc1ccc(CC(=O)OC(C)C(=O)N2CCN(S(=O)(=O)c3ccccc3)CC2)cc1F. The van der Waals surface area contributed by atoms with E-state index in [4.69, 9.17) is 9.47 Å². The van der Waals surface area contributed by atoms with Crippen molar-refractivity contribution in [3.63, 3.8) is 0 Å². The lowest BCUT2D eigenvalue weighted by atomic mass is 10.1. The molecule has 1 saturated heterocycles. The van der Waals surface area contributed by atoms with E-state index in [1.807, 2.05) is 0 Å². The number of carbonyl (C=O) groups is 2. The van der Waals surface area contributed by atoms with Crippen molar-refractivity contribution in [2.75, 3.05) is 33.3 Å². The molecule has 1 aliphatic rings. The molecule has 1 fully saturated rings. The summed E-state index contributed by atoms with van der Waals surface area (Å²) in [6, 6.07) is 12.2. The molecule has 32 heavy (non-hydrogen) atoms. The Labute approximate surface area is 186 Å². The molecule has 0 spiro atoms. The molecule has 0 N–H and O–H groups in total. The van der Waals surface area contributed by atoms with Crippen molar-refractivity contribution < 1.29 is 31.9 Å². The predicted molar refractivity (Wildman–Crippen MR) is 114 cm³/mol. The van der Waals surface area contributed by atoms with Gasteiger partial charge in [0.2, 0.25) is 10.0 Å². The first-order chi connectivity index (χ1) is 15.2. The Morgan fingerprint density at radius 3 is 2.31 bits per heavy atom. The van der Waals surface area contributed by atoms with Crippen molar-refractivity contribution in [2.45, 2.75) is 24.3 Å². The van der Waals surface area contributed by atoms with Gasteiger partial charge in [-0.1, -0.05) is 24.3 Å². The summed E-state index contributed by atoms with van der Waals surface area (Å²) in [4.78, 5) is 26.5. The predicted octanol–water partition coefficient (Wildman–Crippen LogP) is 1.84. The Balaban J connectivity index is 1.52. The Bertz CT molecular complexity index is 1070. The number of nitrogens with zero attached hydrogens (tertiary/aromatic N) is 2. The van der Waals surface area contributed by atoms with E-state index in [9.17, 15) is 22.4 Å². The Kier molecular flexibility index (Phi) is 7.47. The van der Waals surface area contributed by atoms with Gasteiger partial charge in [0.05, 0.1) is 18.4 Å². The maximum absolute atomic E-state index is 13.8. The lowest BCUT2D eigenvalue weighted by Gasteiger charge is -2.35. The number of hydrogen-bond donors (Lipinski definition) is 0. The van der Waals surface area contributed by atoms with Crippen LogP contribution in [0.25, 0.3) is 0 Å². The second-order valence-corrected chi connectivity index (χ2v) is 9.26. The molecule has 0 bridgehead atoms. The van der Waals surface area contributed by atoms with Gasteiger partial charge in [-0.05, 0) is 36.8 Å². The first kappa shape index (κ1) is 23.7. The van der Waals surface area contributed by atoms with Crippen LogP contribution >= 0.6 is 0 Å². The van der Waals surface area contributed by atoms with Crippen molar-refractivity contribution >= 4 is 21.9 Å². The summed E-state index contributed by atoms with van der Waals surface area (Å²) >= 11 is 0. The van der Waals surface area contributed by atoms with Crippen LogP contribution in [0.4, 0.5) is 4.39 Å². The number of sulfonamides is 1. The molecule has 172 valence electrons. The van der Waals surface area contributed by atoms with Crippen LogP contribution in [-0.2, 0) is 30.8 Å². The van der Waals surface area contributed by atoms with Crippen LogP contribution in [0.3, 0.4) is 0 Å². The molecule has 1 heterocycles. The van der Waals surface area contributed by atoms with E-state index in [1.165, 1.54) is 47.5 Å². The summed E-state index contributed by atoms with van der Waals surface area (Å²) in [6.45, 7) is 2.14. The summed E-state index contributed by atoms with van der Waals surface area (Å²) in [5, 5.41) is 0. The molecule has 8 nitrogen and oxygen atoms in total. The van der Waals surface area contributed by atoms with Gasteiger partial charge in [0.15, 0.2) is 17.7 Å². The first-order valence-corrected chi connectivity index (χ1v) is 11.5. The smallest absolute Gasteiger partial charge is 0.311 e. The van der Waals surface area contributed by atoms with Crippen LogP contribution in [-0.4, -0.2) is 68.9 Å². The van der Waals surface area contributed by atoms with E-state index in [0.29, 0.717) is 5.56 Å². The molecule has 1 unspecified atom stereocenters. The number of esters is 1. The molecule has 3 rings (SSSR count). The molecule has 2 aromatic rings. The van der Waals surface area contributed by atoms with Crippen molar-refractivity contribution in [1.82, 2.24) is 9.21 Å². The van der Waals surface area contributed by atoms with Crippen molar-refractivity contribution in [3.8, 4) is 5.75 Å². The molecule has 0 aliphatic carbocycles. The summed E-state index contributed by atoms with van der Waals surface area (Å²) < 4.78 is 50.6. The Hall–Kier alpha value is -2.98. The van der Waals surface area contributed by atoms with Crippen LogP contribution in [0, 0.1) is 5.82 Å². The number of piperazine rings is 1. The van der Waals surface area contributed by atoms with Crippen LogP contribution in [0.5, 0.6) is 5.75 Å². The van der Waals surface area contributed by atoms with Gasteiger partial charge in [-0.3, -0.25) is 9.59 Å². The number of rotatable bonds is 7. The quantitative estimate of drug-likeness (QED) is 0.581. The maximum Gasteiger partial charge on any atom is 0.311 e. The van der Waals surface area contributed by atoms with E-state index in [-0.39, 0.29) is 43.2 Å². The summed E-state index contributed by atoms with van der Waals surface area (Å²) in [6.07, 6.45) is -1.23. The number of ether oxygens (including phenoxy) is 2. The van der Waals surface area contributed by atoms with E-state index in [0.717, 1.165) is 0 Å². The lowest BCUT2D eigenvalue weighted by Crippen LogP contribution is -2.52. The molecule has 1 amide bonds. The van der Waals surface area contributed by atoms with E-state index in [1.54, 1.807) is 24.3 Å². The normalized spacial score (nSPS) is 15.8. The zero-order valence-corrected chi connectivity index (χ0v) is 18.7. The first-order valence-electron chi connectivity index (χ1n) is 10.1. The highest BCUT2D eigenvalue weighted by Gasteiger charge is 2.32. The minimum atomic E-state index is -3.62. The van der Waals surface area contributed by atoms with Gasteiger partial charge in [-0.2, -0.15) is 4.31 Å². The van der Waals surface area contributed by atoms with Crippen LogP contribution < -0.4 is 4.74 Å². The van der Waals surface area contributed by atoms with Gasteiger partial charge >= 0.3 is 5.97 Å². The summed E-state index contributed by atoms with van der Waals surface area (Å²) in [5.74, 6) is -1.60. The van der Waals surface area contributed by atoms with Crippen LogP contribution in [0.1, 0.15) is 12.5 Å². The molecule has 0 radical (unpaired) electrons. The van der Waals surface area contributed by atoms with Gasteiger partial charge in [-0.25, -0.2) is 12.8 Å². The highest BCUT2D eigenvalue weighted by Crippen LogP contribution is 2.19. The minimum Gasteiger partial charge on any atom is -0.494 e. The third-order valence-electron chi connectivity index (χ3n) is 5.15. The average Bonchev–Trinajstić information content (AvgIpc) is 2.79. The third-order valence-corrected chi connectivity index (χ3v) is 7.06. The zero-order chi connectivity index (χ0) is 23.3. The van der Waals surface area contributed by atoms with Gasteiger partial charge in [0.25, 0.3) is 5.91 Å². The van der Waals surface area contributed by atoms with Crippen molar-refractivity contribution in [3.05, 3.63) is 59.9 Å². The topological polar surface area (TPSA) is 93.2 Å². The molecule has 1 atom stereocenters. The van der Waals surface area contributed by atoms with Crippen molar-refractivity contribution in [2.24, 2.45) is 0 Å². The summed E-state index contributed by atoms with van der Waals surface area (Å²) in [5.41, 5.74) is 0.396. The minimum absolute atomic E-state index is 0.0686. The van der Waals surface area contributed by atoms with Gasteiger partial charge in [-0.15, -0.1) is 0 Å². The van der Waals surface area contributed by atoms with Gasteiger partial charge < -0.3 is 14.4 Å². The second-order valence-electron chi connectivity index (χ2n) is 7.32. The highest BCUT2D eigenvalue weighted by atomic mass is 32.2. The zero-order valence-electron chi connectivity index (χ0n) is 17.9. The largest absolute Gasteiger partial charge is 0.494 e. The molecule has 0 aromatic heterocycles. The molecular weight excluding hydrogens is 439 g/mol. The van der Waals surface area contributed by atoms with Crippen molar-refractivity contribution in [1.29, 1.82) is 0 Å². The number of benzene rings is 2. The highest BCUT2D eigenvalue weighted by molar-refractivity contribution is 7.89. The fraction of sp³-hybridized carbons (Fsp3) is 0.364. The number of carbonyl (C=O) groups excluding carboxylic acids is 2. The number of amides is 1. The molecular formula is C22H25FN2O6S. The van der Waals surface area contributed by atoms with E-state index in [2.05, 4.69) is 0 Å².